The van der Waals surface area contributed by atoms with Crippen molar-refractivity contribution in [2.75, 3.05) is 21.9 Å². The van der Waals surface area contributed by atoms with Gasteiger partial charge in [-0.3, -0.25) is 4.72 Å². The Labute approximate surface area is 172 Å². The van der Waals surface area contributed by atoms with Gasteiger partial charge in [0.2, 0.25) is 0 Å². The Bertz CT molecular complexity index is 1050. The summed E-state index contributed by atoms with van der Waals surface area (Å²) in [6.45, 7) is 4.59. The zero-order chi connectivity index (χ0) is 20.1. The molecule has 1 heterocycles. The van der Waals surface area contributed by atoms with Crippen LogP contribution in [0.3, 0.4) is 0 Å². The van der Waals surface area contributed by atoms with Crippen molar-refractivity contribution in [3.05, 3.63) is 64.9 Å². The van der Waals surface area contributed by atoms with Crippen molar-refractivity contribution >= 4 is 49.0 Å². The fourth-order valence-corrected chi connectivity index (χ4v) is 3.82. The number of sulfonamides is 1. The summed E-state index contributed by atoms with van der Waals surface area (Å²) in [5.74, 6) is 2.06. The van der Waals surface area contributed by atoms with Gasteiger partial charge in [-0.25, -0.2) is 18.4 Å². The first-order valence-corrected chi connectivity index (χ1v) is 10.9. The molecule has 3 aromatic rings. The van der Waals surface area contributed by atoms with Crippen LogP contribution in [0.25, 0.3) is 0 Å². The van der Waals surface area contributed by atoms with Gasteiger partial charge in [-0.2, -0.15) is 0 Å². The molecule has 0 saturated heterocycles. The second-order valence-electron chi connectivity index (χ2n) is 5.98. The Balaban J connectivity index is 1.72. The first-order chi connectivity index (χ1) is 13.4. The number of anilines is 4. The Hall–Kier alpha value is -2.65. The molecule has 7 nitrogen and oxygen atoms in total. The summed E-state index contributed by atoms with van der Waals surface area (Å²) >= 11 is 3.30. The van der Waals surface area contributed by atoms with Gasteiger partial charge in [0, 0.05) is 28.5 Å². The van der Waals surface area contributed by atoms with Crippen LogP contribution < -0.4 is 15.4 Å². The van der Waals surface area contributed by atoms with E-state index in [1.807, 2.05) is 19.9 Å². The summed E-state index contributed by atoms with van der Waals surface area (Å²) < 4.78 is 28.3. The number of aryl methyl sites for hydroxylation is 1. The van der Waals surface area contributed by atoms with Crippen molar-refractivity contribution < 1.29 is 8.42 Å². The van der Waals surface area contributed by atoms with E-state index in [2.05, 4.69) is 41.3 Å². The molecule has 3 rings (SSSR count). The lowest BCUT2D eigenvalue weighted by Crippen LogP contribution is -2.12. The molecule has 0 aliphatic carbocycles. The number of aromatic nitrogens is 2. The third kappa shape index (κ3) is 5.20. The van der Waals surface area contributed by atoms with Crippen molar-refractivity contribution in [2.24, 2.45) is 0 Å². The molecule has 3 N–H and O–H groups in total. The molecule has 0 bridgehead atoms. The molecule has 0 spiro atoms. The molecular formula is C19H20BrN5O2S. The van der Waals surface area contributed by atoms with Crippen molar-refractivity contribution in [1.82, 2.24) is 9.97 Å². The van der Waals surface area contributed by atoms with Crippen LogP contribution >= 0.6 is 15.9 Å². The summed E-state index contributed by atoms with van der Waals surface area (Å²) in [5, 5.41) is 6.36. The molecule has 2 aromatic carbocycles. The highest BCUT2D eigenvalue weighted by Crippen LogP contribution is 2.22. The molecule has 0 fully saturated rings. The molecule has 0 aliphatic rings. The highest BCUT2D eigenvalue weighted by atomic mass is 79.9. The SMILES string of the molecule is CCNc1cc(Nc2ccc(NS(=O)(=O)c3ccc(Br)cc3)cc2)nc(C)n1. The third-order valence-electron chi connectivity index (χ3n) is 3.73. The summed E-state index contributed by atoms with van der Waals surface area (Å²) in [6.07, 6.45) is 0. The molecule has 0 aliphatic heterocycles. The minimum absolute atomic E-state index is 0.199. The minimum Gasteiger partial charge on any atom is -0.370 e. The van der Waals surface area contributed by atoms with E-state index in [1.54, 1.807) is 48.5 Å². The lowest BCUT2D eigenvalue weighted by atomic mass is 10.3. The molecular weight excluding hydrogens is 442 g/mol. The van der Waals surface area contributed by atoms with Gasteiger partial charge in [-0.05, 0) is 62.4 Å². The van der Waals surface area contributed by atoms with E-state index < -0.39 is 10.0 Å². The topological polar surface area (TPSA) is 96.0 Å². The van der Waals surface area contributed by atoms with E-state index in [0.717, 1.165) is 22.5 Å². The average molecular weight is 462 g/mol. The molecule has 0 amide bonds. The molecule has 0 unspecified atom stereocenters. The highest BCUT2D eigenvalue weighted by Gasteiger charge is 2.13. The predicted molar refractivity (Wildman–Crippen MR) is 116 cm³/mol. The molecule has 1 aromatic heterocycles. The van der Waals surface area contributed by atoms with Crippen molar-refractivity contribution in [1.29, 1.82) is 0 Å². The van der Waals surface area contributed by atoms with Crippen LogP contribution in [0.4, 0.5) is 23.0 Å². The van der Waals surface area contributed by atoms with Crippen LogP contribution in [0.5, 0.6) is 0 Å². The van der Waals surface area contributed by atoms with Crippen LogP contribution in [0.15, 0.2) is 64.0 Å². The fourth-order valence-electron chi connectivity index (χ4n) is 2.50. The van der Waals surface area contributed by atoms with Gasteiger partial charge in [0.25, 0.3) is 10.0 Å². The highest BCUT2D eigenvalue weighted by molar-refractivity contribution is 9.10. The number of benzene rings is 2. The van der Waals surface area contributed by atoms with E-state index in [1.165, 1.54) is 0 Å². The maximum absolute atomic E-state index is 12.5. The fraction of sp³-hybridized carbons (Fsp3) is 0.158. The second kappa shape index (κ2) is 8.57. The summed E-state index contributed by atoms with van der Waals surface area (Å²) in [4.78, 5) is 8.87. The van der Waals surface area contributed by atoms with Crippen LogP contribution in [-0.4, -0.2) is 24.9 Å². The van der Waals surface area contributed by atoms with E-state index >= 15 is 0 Å². The quantitative estimate of drug-likeness (QED) is 0.478. The predicted octanol–water partition coefficient (Wildman–Crippen LogP) is 4.52. The molecule has 28 heavy (non-hydrogen) atoms. The lowest BCUT2D eigenvalue weighted by Gasteiger charge is -2.11. The van der Waals surface area contributed by atoms with E-state index in [-0.39, 0.29) is 4.90 Å². The van der Waals surface area contributed by atoms with E-state index in [9.17, 15) is 8.42 Å². The Kier molecular flexibility index (Phi) is 6.15. The number of rotatable bonds is 7. The van der Waals surface area contributed by atoms with Crippen molar-refractivity contribution in [3.63, 3.8) is 0 Å². The maximum atomic E-state index is 12.5. The van der Waals surface area contributed by atoms with Gasteiger partial charge < -0.3 is 10.6 Å². The largest absolute Gasteiger partial charge is 0.370 e. The number of nitrogens with one attached hydrogen (secondary N) is 3. The van der Waals surface area contributed by atoms with E-state index in [4.69, 9.17) is 0 Å². The first kappa shape index (κ1) is 20.1. The summed E-state index contributed by atoms with van der Waals surface area (Å²) in [7, 11) is -3.64. The van der Waals surface area contributed by atoms with Gasteiger partial charge >= 0.3 is 0 Å². The standard InChI is InChI=1S/C19H20BrN5O2S/c1-3-21-18-12-19(23-13(2)22-18)24-15-6-8-16(9-7-15)25-28(26,27)17-10-4-14(20)5-11-17/h4-12,25H,3H2,1-2H3,(H2,21,22,23,24). The number of nitrogens with zero attached hydrogens (tertiary/aromatic N) is 2. The Morgan fingerprint density at radius 3 is 2.18 bits per heavy atom. The van der Waals surface area contributed by atoms with Crippen LogP contribution in [0.2, 0.25) is 0 Å². The van der Waals surface area contributed by atoms with Crippen molar-refractivity contribution in [2.45, 2.75) is 18.7 Å². The second-order valence-corrected chi connectivity index (χ2v) is 8.58. The van der Waals surface area contributed by atoms with Gasteiger partial charge in [0.1, 0.15) is 17.5 Å². The normalized spacial score (nSPS) is 11.1. The lowest BCUT2D eigenvalue weighted by molar-refractivity contribution is 0.601. The smallest absolute Gasteiger partial charge is 0.261 e. The Morgan fingerprint density at radius 1 is 0.929 bits per heavy atom. The average Bonchev–Trinajstić information content (AvgIpc) is 2.63. The van der Waals surface area contributed by atoms with Gasteiger partial charge in [0.15, 0.2) is 0 Å². The van der Waals surface area contributed by atoms with E-state index in [0.29, 0.717) is 17.3 Å². The zero-order valence-electron chi connectivity index (χ0n) is 15.4. The zero-order valence-corrected chi connectivity index (χ0v) is 17.8. The van der Waals surface area contributed by atoms with Crippen LogP contribution in [0.1, 0.15) is 12.7 Å². The van der Waals surface area contributed by atoms with Crippen molar-refractivity contribution in [3.8, 4) is 0 Å². The molecule has 0 radical (unpaired) electrons. The Morgan fingerprint density at radius 2 is 1.54 bits per heavy atom. The number of halogens is 1. The number of hydrogen-bond acceptors (Lipinski definition) is 6. The van der Waals surface area contributed by atoms with Gasteiger partial charge in [-0.15, -0.1) is 0 Å². The monoisotopic (exact) mass is 461 g/mol. The van der Waals surface area contributed by atoms with Crippen LogP contribution in [-0.2, 0) is 10.0 Å². The maximum Gasteiger partial charge on any atom is 0.261 e. The van der Waals surface area contributed by atoms with Gasteiger partial charge in [0.05, 0.1) is 4.90 Å². The number of hydrogen-bond donors (Lipinski definition) is 3. The third-order valence-corrected chi connectivity index (χ3v) is 5.66. The summed E-state index contributed by atoms with van der Waals surface area (Å²) in [6, 6.07) is 15.2. The summed E-state index contributed by atoms with van der Waals surface area (Å²) in [5.41, 5.74) is 1.26. The first-order valence-electron chi connectivity index (χ1n) is 8.61. The van der Waals surface area contributed by atoms with Crippen LogP contribution in [0, 0.1) is 6.92 Å². The molecule has 0 atom stereocenters. The molecule has 146 valence electrons. The molecule has 9 heteroatoms. The minimum atomic E-state index is -3.64. The molecule has 0 saturated carbocycles. The van der Waals surface area contributed by atoms with Gasteiger partial charge in [-0.1, -0.05) is 15.9 Å².